The number of hydrogen-bond acceptors (Lipinski definition) is 8. The van der Waals surface area contributed by atoms with Gasteiger partial charge < -0.3 is 23.9 Å². The molecule has 2 aliphatic rings. The number of nitrogens with one attached hydrogen (secondary N) is 1. The maximum atomic E-state index is 13.3. The minimum absolute atomic E-state index is 0.0952. The Morgan fingerprint density at radius 3 is 2.52 bits per heavy atom. The number of fused-ring (bicyclic) bond motifs is 3. The van der Waals surface area contributed by atoms with E-state index < -0.39 is 39.4 Å². The lowest BCUT2D eigenvalue weighted by Crippen LogP contribution is -2.50. The predicted octanol–water partition coefficient (Wildman–Crippen LogP) is 3.71. The average molecular weight is 609 g/mol. The summed E-state index contributed by atoms with van der Waals surface area (Å²) in [6.45, 7) is 6.81. The first kappa shape index (κ1) is 29.7. The van der Waals surface area contributed by atoms with Gasteiger partial charge in [-0.15, -0.1) is 13.2 Å². The molecule has 1 aromatic heterocycles. The maximum absolute atomic E-state index is 13.3. The molecular formula is C28H31F3N4O6S. The number of aryl methyl sites for hydroxylation is 1. The van der Waals surface area contributed by atoms with Crippen LogP contribution in [-0.2, 0) is 23.0 Å². The van der Waals surface area contributed by atoms with E-state index >= 15 is 0 Å². The highest BCUT2D eigenvalue weighted by atomic mass is 32.2. The van der Waals surface area contributed by atoms with Crippen molar-refractivity contribution in [3.8, 4) is 5.75 Å². The Morgan fingerprint density at radius 1 is 1.12 bits per heavy atom. The topological polar surface area (TPSA) is 112 Å². The summed E-state index contributed by atoms with van der Waals surface area (Å²) >= 11 is 0. The van der Waals surface area contributed by atoms with Crippen LogP contribution in [0.25, 0.3) is 11.0 Å². The van der Waals surface area contributed by atoms with Gasteiger partial charge in [0.1, 0.15) is 5.58 Å². The van der Waals surface area contributed by atoms with Crippen molar-refractivity contribution < 1.29 is 35.5 Å². The molecule has 3 aromatic rings. The summed E-state index contributed by atoms with van der Waals surface area (Å²) in [5.41, 5.74) is 2.25. The highest BCUT2D eigenvalue weighted by Crippen LogP contribution is 2.35. The number of nitrogens with zero attached hydrogens (tertiary/aromatic N) is 3. The Kier molecular flexibility index (Phi) is 7.64. The van der Waals surface area contributed by atoms with E-state index in [1.807, 2.05) is 23.8 Å². The van der Waals surface area contributed by atoms with Gasteiger partial charge in [-0.3, -0.25) is 9.52 Å². The van der Waals surface area contributed by atoms with Crippen LogP contribution in [0.15, 0.2) is 39.5 Å². The Morgan fingerprint density at radius 2 is 1.86 bits per heavy atom. The van der Waals surface area contributed by atoms with Gasteiger partial charge in [0, 0.05) is 54.4 Å². The normalized spacial score (nSPS) is 18.2. The highest BCUT2D eigenvalue weighted by Gasteiger charge is 2.34. The Bertz CT molecular complexity index is 1720. The van der Waals surface area contributed by atoms with E-state index in [-0.39, 0.29) is 18.7 Å². The van der Waals surface area contributed by atoms with E-state index in [2.05, 4.69) is 28.5 Å². The van der Waals surface area contributed by atoms with Crippen LogP contribution in [0.3, 0.4) is 0 Å². The number of carbonyl (C=O) groups excluding carboxylic acids is 1. The molecule has 1 N–H and O–H groups in total. The first-order chi connectivity index (χ1) is 19.6. The molecule has 0 radical (unpaired) electrons. The first-order valence-electron chi connectivity index (χ1n) is 13.3. The molecule has 0 spiro atoms. The van der Waals surface area contributed by atoms with Crippen molar-refractivity contribution in [2.45, 2.75) is 39.2 Å². The van der Waals surface area contributed by atoms with Crippen LogP contribution in [0.1, 0.15) is 34.0 Å². The lowest BCUT2D eigenvalue weighted by molar-refractivity contribution is -0.274. The lowest BCUT2D eigenvalue weighted by Gasteiger charge is -2.39. The number of ether oxygens (including phenoxy) is 1. The zero-order valence-corrected chi connectivity index (χ0v) is 24.4. The van der Waals surface area contributed by atoms with Crippen LogP contribution >= 0.6 is 0 Å². The quantitative estimate of drug-likeness (QED) is 0.437. The summed E-state index contributed by atoms with van der Waals surface area (Å²) in [6, 6.07) is 7.39. The SMILES string of the molecule is Cc1c(N2CCN(C)C(C)C2)ccc2c3c(c(=O)oc12)CN(C(=O)c1ccc(NS(C)(=O)=O)c(OC(F)(F)F)c1)CC3. The van der Waals surface area contributed by atoms with E-state index in [9.17, 15) is 31.2 Å². The molecular weight excluding hydrogens is 577 g/mol. The van der Waals surface area contributed by atoms with Crippen molar-refractivity contribution in [1.29, 1.82) is 0 Å². The van der Waals surface area contributed by atoms with Crippen LogP contribution in [-0.4, -0.2) is 76.0 Å². The third-order valence-corrected chi connectivity index (χ3v) is 8.42. The van der Waals surface area contributed by atoms with Gasteiger partial charge in [0.15, 0.2) is 5.75 Å². The number of piperazine rings is 1. The van der Waals surface area contributed by atoms with Crippen LogP contribution in [0.4, 0.5) is 24.5 Å². The number of halogens is 3. The maximum Gasteiger partial charge on any atom is 0.573 e. The zero-order chi connectivity index (χ0) is 30.6. The summed E-state index contributed by atoms with van der Waals surface area (Å²) in [5, 5.41) is 0.789. The molecule has 1 saturated heterocycles. The molecule has 1 atom stereocenters. The molecule has 3 heterocycles. The predicted molar refractivity (Wildman–Crippen MR) is 152 cm³/mol. The Labute approximate surface area is 240 Å². The van der Waals surface area contributed by atoms with E-state index in [1.54, 1.807) is 0 Å². The van der Waals surface area contributed by atoms with Gasteiger partial charge in [0.2, 0.25) is 10.0 Å². The van der Waals surface area contributed by atoms with Crippen LogP contribution in [0.2, 0.25) is 0 Å². The zero-order valence-electron chi connectivity index (χ0n) is 23.5. The van der Waals surface area contributed by atoms with Gasteiger partial charge in [0.05, 0.1) is 24.1 Å². The molecule has 42 heavy (non-hydrogen) atoms. The third-order valence-electron chi connectivity index (χ3n) is 7.83. The van der Waals surface area contributed by atoms with Crippen molar-refractivity contribution in [3.63, 3.8) is 0 Å². The lowest BCUT2D eigenvalue weighted by atomic mass is 9.95. The molecule has 2 aliphatic heterocycles. The highest BCUT2D eigenvalue weighted by molar-refractivity contribution is 7.92. The number of amides is 1. The number of hydrogen-bond donors (Lipinski definition) is 1. The smallest absolute Gasteiger partial charge is 0.422 e. The van der Waals surface area contributed by atoms with Crippen LogP contribution in [0.5, 0.6) is 5.75 Å². The number of anilines is 2. The standard InChI is InChI=1S/C28H31F3N4O6S/c1-16-14-34(12-11-33(16)3)23-8-6-20-19-9-10-35(15-21(19)27(37)40-25(20)17(23)2)26(36)18-5-7-22(32-42(4,38)39)24(13-18)41-28(29,30)31/h5-8,13,16,32H,9-12,14-15H2,1-4H3. The monoisotopic (exact) mass is 608 g/mol. The average Bonchev–Trinajstić information content (AvgIpc) is 2.90. The molecule has 0 aliphatic carbocycles. The first-order valence-corrected chi connectivity index (χ1v) is 15.2. The second-order valence-corrected chi connectivity index (χ2v) is 12.6. The molecule has 1 amide bonds. The molecule has 14 heteroatoms. The fourth-order valence-electron chi connectivity index (χ4n) is 5.57. The molecule has 1 unspecified atom stereocenters. The number of likely N-dealkylation sites (N-methyl/N-ethyl adjacent to an activating group) is 1. The second kappa shape index (κ2) is 10.8. The van der Waals surface area contributed by atoms with Crippen molar-refractivity contribution in [2.75, 3.05) is 49.1 Å². The van der Waals surface area contributed by atoms with Crippen molar-refractivity contribution in [1.82, 2.24) is 9.80 Å². The van der Waals surface area contributed by atoms with Gasteiger partial charge in [-0.25, -0.2) is 13.2 Å². The van der Waals surface area contributed by atoms with E-state index in [4.69, 9.17) is 4.42 Å². The number of benzene rings is 2. The molecule has 226 valence electrons. The van der Waals surface area contributed by atoms with Gasteiger partial charge in [-0.05, 0) is 63.2 Å². The fourth-order valence-corrected chi connectivity index (χ4v) is 6.14. The molecule has 1 fully saturated rings. The Hall–Kier alpha value is -3.78. The van der Waals surface area contributed by atoms with Crippen molar-refractivity contribution in [3.05, 3.63) is 63.0 Å². The summed E-state index contributed by atoms with van der Waals surface area (Å²) in [5.74, 6) is -1.52. The molecule has 0 saturated carbocycles. The van der Waals surface area contributed by atoms with Crippen LogP contribution < -0.4 is 20.0 Å². The molecule has 5 rings (SSSR count). The summed E-state index contributed by atoms with van der Waals surface area (Å²) < 4.78 is 74.0. The largest absolute Gasteiger partial charge is 0.573 e. The van der Waals surface area contributed by atoms with Gasteiger partial charge >= 0.3 is 12.0 Å². The number of carbonyl (C=O) groups is 1. The fraction of sp³-hybridized carbons (Fsp3) is 0.429. The third kappa shape index (κ3) is 6.04. The van der Waals surface area contributed by atoms with E-state index in [0.29, 0.717) is 23.6 Å². The summed E-state index contributed by atoms with van der Waals surface area (Å²) in [6.07, 6.45) is -4.01. The minimum Gasteiger partial charge on any atom is -0.422 e. The number of sulfonamides is 1. The molecule has 0 bridgehead atoms. The van der Waals surface area contributed by atoms with Gasteiger partial charge in [0.25, 0.3) is 5.91 Å². The number of rotatable bonds is 5. The van der Waals surface area contributed by atoms with Crippen molar-refractivity contribution in [2.24, 2.45) is 0 Å². The van der Waals surface area contributed by atoms with Crippen LogP contribution in [0, 0.1) is 6.92 Å². The summed E-state index contributed by atoms with van der Waals surface area (Å²) in [7, 11) is -1.83. The Balaban J connectivity index is 1.44. The second-order valence-electron chi connectivity index (χ2n) is 10.8. The van der Waals surface area contributed by atoms with Gasteiger partial charge in [-0.1, -0.05) is 0 Å². The van der Waals surface area contributed by atoms with E-state index in [1.165, 1.54) is 11.0 Å². The summed E-state index contributed by atoms with van der Waals surface area (Å²) in [4.78, 5) is 32.4. The molecule has 10 nitrogen and oxygen atoms in total. The van der Waals surface area contributed by atoms with E-state index in [0.717, 1.165) is 60.2 Å². The minimum atomic E-state index is -5.12. The molecule has 2 aromatic carbocycles. The number of alkyl halides is 3. The van der Waals surface area contributed by atoms with Gasteiger partial charge in [-0.2, -0.15) is 0 Å². The van der Waals surface area contributed by atoms with Crippen molar-refractivity contribution >= 4 is 38.3 Å².